The van der Waals surface area contributed by atoms with Crippen LogP contribution in [0.3, 0.4) is 0 Å². The summed E-state index contributed by atoms with van der Waals surface area (Å²) in [5, 5.41) is 8.56. The van der Waals surface area contributed by atoms with E-state index in [1.54, 1.807) is 0 Å². The Morgan fingerprint density at radius 1 is 1.38 bits per heavy atom. The molecule has 0 aliphatic heterocycles. The van der Waals surface area contributed by atoms with Gasteiger partial charge in [-0.2, -0.15) is 0 Å². The van der Waals surface area contributed by atoms with E-state index in [1.807, 2.05) is 24.3 Å². The quantitative estimate of drug-likeness (QED) is 0.753. The van der Waals surface area contributed by atoms with Gasteiger partial charge in [-0.25, -0.2) is 0 Å². The Bertz CT molecular complexity index is 297. The van der Waals surface area contributed by atoms with Crippen LogP contribution >= 0.6 is 11.6 Å². The van der Waals surface area contributed by atoms with Gasteiger partial charge in [0.15, 0.2) is 0 Å². The first-order valence-electron chi connectivity index (χ1n) is 4.08. The Balaban J connectivity index is 2.73. The average molecular weight is 199 g/mol. The molecule has 0 fully saturated rings. The molecular formula is C10H11ClO2. The summed E-state index contributed by atoms with van der Waals surface area (Å²) in [6, 6.07) is 7.51. The largest absolute Gasteiger partial charge is 0.481 e. The molecule has 1 N–H and O–H groups in total. The Morgan fingerprint density at radius 2 is 2.08 bits per heavy atom. The fourth-order valence-electron chi connectivity index (χ4n) is 1.18. The van der Waals surface area contributed by atoms with Gasteiger partial charge in [-0.3, -0.25) is 4.79 Å². The summed E-state index contributed by atoms with van der Waals surface area (Å²) in [6.45, 7) is 0. The molecule has 0 heterocycles. The van der Waals surface area contributed by atoms with E-state index in [4.69, 9.17) is 16.7 Å². The molecule has 1 aromatic rings. The predicted molar refractivity (Wildman–Crippen MR) is 52.2 cm³/mol. The maximum atomic E-state index is 10.4. The predicted octanol–water partition coefficient (Wildman–Crippen LogP) is 2.10. The lowest BCUT2D eigenvalue weighted by Crippen LogP contribution is -2.00. The molecule has 0 aliphatic rings. The summed E-state index contributed by atoms with van der Waals surface area (Å²) in [4.78, 5) is 10.4. The third kappa shape index (κ3) is 3.47. The second kappa shape index (κ2) is 4.87. The van der Waals surface area contributed by atoms with Gasteiger partial charge < -0.3 is 5.11 Å². The molecule has 70 valence electrons. The fourth-order valence-corrected chi connectivity index (χ4v) is 1.40. The van der Waals surface area contributed by atoms with Crippen molar-refractivity contribution in [2.75, 3.05) is 5.88 Å². The number of hydrogen-bond acceptors (Lipinski definition) is 1. The van der Waals surface area contributed by atoms with Crippen molar-refractivity contribution in [2.45, 2.75) is 12.8 Å². The highest BCUT2D eigenvalue weighted by Gasteiger charge is 2.00. The Hall–Kier alpha value is -1.02. The van der Waals surface area contributed by atoms with E-state index in [-0.39, 0.29) is 6.42 Å². The van der Waals surface area contributed by atoms with Crippen molar-refractivity contribution >= 4 is 17.6 Å². The van der Waals surface area contributed by atoms with Crippen molar-refractivity contribution in [3.63, 3.8) is 0 Å². The van der Waals surface area contributed by atoms with Crippen LogP contribution in [0.5, 0.6) is 0 Å². The van der Waals surface area contributed by atoms with Crippen LogP contribution in [-0.4, -0.2) is 17.0 Å². The van der Waals surface area contributed by atoms with Crippen LogP contribution in [0.25, 0.3) is 0 Å². The normalized spacial score (nSPS) is 9.92. The average Bonchev–Trinajstić information content (AvgIpc) is 2.04. The second-order valence-electron chi connectivity index (χ2n) is 2.83. The molecule has 0 saturated heterocycles. The first-order valence-corrected chi connectivity index (χ1v) is 4.61. The Morgan fingerprint density at radius 3 is 2.69 bits per heavy atom. The number of benzene rings is 1. The van der Waals surface area contributed by atoms with Crippen LogP contribution in [-0.2, 0) is 17.6 Å². The van der Waals surface area contributed by atoms with Crippen LogP contribution in [0.4, 0.5) is 0 Å². The SMILES string of the molecule is O=C(O)Cc1cccc(CCCl)c1. The number of aliphatic carboxylic acids is 1. The summed E-state index contributed by atoms with van der Waals surface area (Å²) < 4.78 is 0. The van der Waals surface area contributed by atoms with Gasteiger partial charge in [0.2, 0.25) is 0 Å². The van der Waals surface area contributed by atoms with Crippen LogP contribution in [0, 0.1) is 0 Å². The molecule has 1 aromatic carbocycles. The molecule has 3 heteroatoms. The van der Waals surface area contributed by atoms with Gasteiger partial charge in [-0.1, -0.05) is 24.3 Å². The highest BCUT2D eigenvalue weighted by molar-refractivity contribution is 6.17. The van der Waals surface area contributed by atoms with Gasteiger partial charge >= 0.3 is 5.97 Å². The molecule has 0 spiro atoms. The molecule has 0 unspecified atom stereocenters. The van der Waals surface area contributed by atoms with E-state index in [1.165, 1.54) is 0 Å². The second-order valence-corrected chi connectivity index (χ2v) is 3.21. The summed E-state index contributed by atoms with van der Waals surface area (Å²) in [7, 11) is 0. The molecule has 0 bridgehead atoms. The molecule has 2 nitrogen and oxygen atoms in total. The summed E-state index contributed by atoms with van der Waals surface area (Å²) in [5.41, 5.74) is 1.92. The van der Waals surface area contributed by atoms with Crippen molar-refractivity contribution in [1.29, 1.82) is 0 Å². The van der Waals surface area contributed by atoms with E-state index >= 15 is 0 Å². The minimum absolute atomic E-state index is 0.0795. The number of carboxylic acid groups (broad SMARTS) is 1. The van der Waals surface area contributed by atoms with Crippen molar-refractivity contribution in [3.05, 3.63) is 35.4 Å². The Labute approximate surface area is 82.2 Å². The summed E-state index contributed by atoms with van der Waals surface area (Å²) >= 11 is 5.58. The van der Waals surface area contributed by atoms with Gasteiger partial charge in [-0.15, -0.1) is 11.6 Å². The number of aryl methyl sites for hydroxylation is 1. The molecule has 1 rings (SSSR count). The lowest BCUT2D eigenvalue weighted by Gasteiger charge is -2.00. The van der Waals surface area contributed by atoms with E-state index < -0.39 is 5.97 Å². The van der Waals surface area contributed by atoms with E-state index in [2.05, 4.69) is 0 Å². The van der Waals surface area contributed by atoms with Crippen LogP contribution in [0.15, 0.2) is 24.3 Å². The van der Waals surface area contributed by atoms with Crippen molar-refractivity contribution in [3.8, 4) is 0 Å². The topological polar surface area (TPSA) is 37.3 Å². The molecule has 0 aromatic heterocycles. The van der Waals surface area contributed by atoms with E-state index in [9.17, 15) is 4.79 Å². The highest BCUT2D eigenvalue weighted by Crippen LogP contribution is 2.07. The van der Waals surface area contributed by atoms with Crippen molar-refractivity contribution < 1.29 is 9.90 Å². The third-order valence-corrected chi connectivity index (χ3v) is 1.92. The summed E-state index contributed by atoms with van der Waals surface area (Å²) in [6.07, 6.45) is 0.866. The van der Waals surface area contributed by atoms with Gasteiger partial charge in [-0.05, 0) is 17.5 Å². The molecule has 0 amide bonds. The zero-order valence-corrected chi connectivity index (χ0v) is 7.92. The zero-order valence-electron chi connectivity index (χ0n) is 7.16. The first kappa shape index (κ1) is 10.1. The number of alkyl halides is 1. The van der Waals surface area contributed by atoms with Gasteiger partial charge in [0.05, 0.1) is 6.42 Å². The summed E-state index contributed by atoms with van der Waals surface area (Å²) in [5.74, 6) is -0.237. The number of halogens is 1. The number of rotatable bonds is 4. The zero-order chi connectivity index (χ0) is 9.68. The van der Waals surface area contributed by atoms with Gasteiger partial charge in [0, 0.05) is 5.88 Å². The van der Waals surface area contributed by atoms with Gasteiger partial charge in [0.1, 0.15) is 0 Å². The Kier molecular flexibility index (Phi) is 3.77. The highest BCUT2D eigenvalue weighted by atomic mass is 35.5. The molecular weight excluding hydrogens is 188 g/mol. The number of carboxylic acids is 1. The van der Waals surface area contributed by atoms with Crippen LogP contribution < -0.4 is 0 Å². The number of hydrogen-bond donors (Lipinski definition) is 1. The maximum absolute atomic E-state index is 10.4. The van der Waals surface area contributed by atoms with E-state index in [0.717, 1.165) is 17.5 Å². The molecule has 13 heavy (non-hydrogen) atoms. The van der Waals surface area contributed by atoms with Crippen LogP contribution in [0.1, 0.15) is 11.1 Å². The first-order chi connectivity index (χ1) is 6.22. The third-order valence-electron chi connectivity index (χ3n) is 1.73. The molecule has 0 saturated carbocycles. The van der Waals surface area contributed by atoms with E-state index in [0.29, 0.717) is 5.88 Å². The minimum Gasteiger partial charge on any atom is -0.481 e. The van der Waals surface area contributed by atoms with Crippen molar-refractivity contribution in [1.82, 2.24) is 0 Å². The fraction of sp³-hybridized carbons (Fsp3) is 0.300. The molecule has 0 atom stereocenters. The van der Waals surface area contributed by atoms with Gasteiger partial charge in [0.25, 0.3) is 0 Å². The smallest absolute Gasteiger partial charge is 0.307 e. The monoisotopic (exact) mass is 198 g/mol. The lowest BCUT2D eigenvalue weighted by molar-refractivity contribution is -0.136. The molecule has 0 radical (unpaired) electrons. The number of carbonyl (C=O) groups is 1. The maximum Gasteiger partial charge on any atom is 0.307 e. The molecule has 0 aliphatic carbocycles. The standard InChI is InChI=1S/C10H11ClO2/c11-5-4-8-2-1-3-9(6-8)7-10(12)13/h1-3,6H,4-5,7H2,(H,12,13). The lowest BCUT2D eigenvalue weighted by atomic mass is 10.1. The minimum atomic E-state index is -0.803. The van der Waals surface area contributed by atoms with Crippen LogP contribution in [0.2, 0.25) is 0 Å². The van der Waals surface area contributed by atoms with Crippen molar-refractivity contribution in [2.24, 2.45) is 0 Å².